The lowest BCUT2D eigenvalue weighted by molar-refractivity contribution is 1.32. The third-order valence-corrected chi connectivity index (χ3v) is 8.33. The first kappa shape index (κ1) is 20.7. The first-order chi connectivity index (χ1) is 17.3. The molecule has 0 saturated heterocycles. The van der Waals surface area contributed by atoms with Crippen LogP contribution in [0.25, 0.3) is 41.7 Å². The molecule has 3 heteroatoms. The van der Waals surface area contributed by atoms with Gasteiger partial charge in [0.05, 0.1) is 16.1 Å². The lowest BCUT2D eigenvalue weighted by Gasteiger charge is -2.28. The Morgan fingerprint density at radius 1 is 0.514 bits per heavy atom. The zero-order chi connectivity index (χ0) is 23.4. The maximum Gasteiger partial charge on any atom is 0.0651 e. The van der Waals surface area contributed by atoms with Crippen LogP contribution in [0.15, 0.2) is 126 Å². The minimum absolute atomic E-state index is 1.08. The summed E-state index contributed by atoms with van der Waals surface area (Å²) >= 11 is 5.70. The van der Waals surface area contributed by atoms with E-state index in [-0.39, 0.29) is 0 Å². The predicted molar refractivity (Wildman–Crippen MR) is 157 cm³/mol. The standard InChI is InChI=1S/C32H20BrNS/c33-24-19-28-27-13-5-6-15-31(27)35-32(28)30(20-24)34(25-17-16-21-8-1-2-10-23(21)18-25)29-14-7-11-22-9-3-4-12-26(22)29/h1-20H. The minimum Gasteiger partial charge on any atom is -0.308 e. The maximum atomic E-state index is 3.83. The van der Waals surface area contributed by atoms with Gasteiger partial charge >= 0.3 is 0 Å². The molecule has 0 aliphatic rings. The number of anilines is 3. The molecule has 7 aromatic rings. The van der Waals surface area contributed by atoms with Crippen LogP contribution in [-0.2, 0) is 0 Å². The topological polar surface area (TPSA) is 3.24 Å². The minimum atomic E-state index is 1.08. The molecule has 0 aliphatic carbocycles. The first-order valence-corrected chi connectivity index (χ1v) is 13.2. The summed E-state index contributed by atoms with van der Waals surface area (Å²) in [5.74, 6) is 0. The van der Waals surface area contributed by atoms with Crippen molar-refractivity contribution in [1.29, 1.82) is 0 Å². The van der Waals surface area contributed by atoms with Crippen LogP contribution >= 0.6 is 27.3 Å². The van der Waals surface area contributed by atoms with Crippen molar-refractivity contribution >= 4 is 86.0 Å². The van der Waals surface area contributed by atoms with E-state index in [1.54, 1.807) is 0 Å². The molecule has 0 amide bonds. The zero-order valence-corrected chi connectivity index (χ0v) is 21.2. The normalized spacial score (nSPS) is 11.6. The Labute approximate surface area is 216 Å². The summed E-state index contributed by atoms with van der Waals surface area (Å²) in [6, 6.07) is 43.8. The van der Waals surface area contributed by atoms with Gasteiger partial charge in [0.15, 0.2) is 0 Å². The highest BCUT2D eigenvalue weighted by Crippen LogP contribution is 2.47. The van der Waals surface area contributed by atoms with E-state index in [2.05, 4.69) is 142 Å². The van der Waals surface area contributed by atoms with Gasteiger partial charge < -0.3 is 4.90 Å². The number of fused-ring (bicyclic) bond motifs is 5. The molecule has 166 valence electrons. The Kier molecular flexibility index (Phi) is 4.86. The molecule has 0 unspecified atom stereocenters. The van der Waals surface area contributed by atoms with Gasteiger partial charge in [0.1, 0.15) is 0 Å². The van der Waals surface area contributed by atoms with Crippen molar-refractivity contribution in [1.82, 2.24) is 0 Å². The largest absolute Gasteiger partial charge is 0.308 e. The molecule has 35 heavy (non-hydrogen) atoms. The van der Waals surface area contributed by atoms with E-state index in [4.69, 9.17) is 0 Å². The summed E-state index contributed by atoms with van der Waals surface area (Å²) < 4.78 is 3.67. The van der Waals surface area contributed by atoms with Gasteiger partial charge in [-0.25, -0.2) is 0 Å². The van der Waals surface area contributed by atoms with Gasteiger partial charge in [0.2, 0.25) is 0 Å². The molecular formula is C32H20BrNS. The van der Waals surface area contributed by atoms with Crippen molar-refractivity contribution in [2.24, 2.45) is 0 Å². The zero-order valence-electron chi connectivity index (χ0n) is 18.8. The number of nitrogens with zero attached hydrogens (tertiary/aromatic N) is 1. The molecule has 1 aromatic heterocycles. The highest BCUT2D eigenvalue weighted by Gasteiger charge is 2.20. The molecule has 0 saturated carbocycles. The van der Waals surface area contributed by atoms with Crippen LogP contribution in [0, 0.1) is 0 Å². The fourth-order valence-corrected chi connectivity index (χ4v) is 6.70. The highest BCUT2D eigenvalue weighted by atomic mass is 79.9. The van der Waals surface area contributed by atoms with Crippen molar-refractivity contribution in [3.8, 4) is 0 Å². The number of halogens is 1. The number of hydrogen-bond donors (Lipinski definition) is 0. The van der Waals surface area contributed by atoms with Crippen LogP contribution in [0.1, 0.15) is 0 Å². The number of rotatable bonds is 3. The van der Waals surface area contributed by atoms with E-state index in [1.165, 1.54) is 53.1 Å². The van der Waals surface area contributed by atoms with E-state index >= 15 is 0 Å². The van der Waals surface area contributed by atoms with Crippen molar-refractivity contribution in [3.63, 3.8) is 0 Å². The average molecular weight is 530 g/mol. The van der Waals surface area contributed by atoms with Crippen LogP contribution in [0.4, 0.5) is 17.1 Å². The first-order valence-electron chi connectivity index (χ1n) is 11.6. The Balaban J connectivity index is 1.60. The predicted octanol–water partition coefficient (Wildman–Crippen LogP) is 10.6. The second kappa shape index (κ2) is 8.23. The second-order valence-corrected chi connectivity index (χ2v) is 10.7. The fraction of sp³-hybridized carbons (Fsp3) is 0. The van der Waals surface area contributed by atoms with Crippen LogP contribution in [0.3, 0.4) is 0 Å². The Morgan fingerprint density at radius 2 is 1.23 bits per heavy atom. The van der Waals surface area contributed by atoms with Crippen LogP contribution in [0.5, 0.6) is 0 Å². The van der Waals surface area contributed by atoms with Gasteiger partial charge in [-0.15, -0.1) is 11.3 Å². The molecule has 0 spiro atoms. The fourth-order valence-electron chi connectivity index (χ4n) is 5.07. The van der Waals surface area contributed by atoms with E-state index in [1.807, 2.05) is 11.3 Å². The molecule has 0 radical (unpaired) electrons. The summed E-state index contributed by atoms with van der Waals surface area (Å²) in [6.07, 6.45) is 0. The van der Waals surface area contributed by atoms with Crippen LogP contribution in [0.2, 0.25) is 0 Å². The van der Waals surface area contributed by atoms with E-state index in [0.717, 1.165) is 10.2 Å². The van der Waals surface area contributed by atoms with Gasteiger partial charge in [-0.2, -0.15) is 0 Å². The van der Waals surface area contributed by atoms with Gasteiger partial charge in [-0.05, 0) is 52.6 Å². The van der Waals surface area contributed by atoms with E-state index in [9.17, 15) is 0 Å². The molecule has 0 bridgehead atoms. The Hall–Kier alpha value is -3.66. The van der Waals surface area contributed by atoms with Crippen molar-refractivity contribution in [3.05, 3.63) is 126 Å². The summed E-state index contributed by atoms with van der Waals surface area (Å²) in [5, 5.41) is 7.52. The molecular weight excluding hydrogens is 510 g/mol. The molecule has 0 aliphatic heterocycles. The summed E-state index contributed by atoms with van der Waals surface area (Å²) in [4.78, 5) is 2.43. The number of benzene rings is 6. The maximum absolute atomic E-state index is 3.83. The molecule has 1 nitrogen and oxygen atoms in total. The molecule has 0 atom stereocenters. The Morgan fingerprint density at radius 3 is 2.11 bits per heavy atom. The smallest absolute Gasteiger partial charge is 0.0651 e. The monoisotopic (exact) mass is 529 g/mol. The molecule has 0 N–H and O–H groups in total. The lowest BCUT2D eigenvalue weighted by atomic mass is 10.0. The highest BCUT2D eigenvalue weighted by molar-refractivity contribution is 9.10. The summed E-state index contributed by atoms with van der Waals surface area (Å²) in [6.45, 7) is 0. The second-order valence-electron chi connectivity index (χ2n) is 8.76. The summed E-state index contributed by atoms with van der Waals surface area (Å²) in [7, 11) is 0. The van der Waals surface area contributed by atoms with Gasteiger partial charge in [0, 0.05) is 31.0 Å². The van der Waals surface area contributed by atoms with Crippen LogP contribution < -0.4 is 4.90 Å². The summed E-state index contributed by atoms with van der Waals surface area (Å²) in [5.41, 5.74) is 3.51. The van der Waals surface area contributed by atoms with Crippen molar-refractivity contribution in [2.45, 2.75) is 0 Å². The van der Waals surface area contributed by atoms with E-state index < -0.39 is 0 Å². The van der Waals surface area contributed by atoms with Gasteiger partial charge in [-0.1, -0.05) is 101 Å². The lowest BCUT2D eigenvalue weighted by Crippen LogP contribution is -2.10. The molecule has 7 rings (SSSR count). The van der Waals surface area contributed by atoms with Crippen molar-refractivity contribution < 1.29 is 0 Å². The third-order valence-electron chi connectivity index (χ3n) is 6.66. The van der Waals surface area contributed by atoms with E-state index in [0.29, 0.717) is 0 Å². The Bertz CT molecular complexity index is 1880. The quantitative estimate of drug-likeness (QED) is 0.220. The van der Waals surface area contributed by atoms with Gasteiger partial charge in [-0.3, -0.25) is 0 Å². The molecule has 1 heterocycles. The number of thiophene rings is 1. The van der Waals surface area contributed by atoms with Crippen molar-refractivity contribution in [2.75, 3.05) is 4.90 Å². The third kappa shape index (κ3) is 3.43. The average Bonchev–Trinajstić information content (AvgIpc) is 3.27. The number of hydrogen-bond acceptors (Lipinski definition) is 2. The van der Waals surface area contributed by atoms with Crippen LogP contribution in [-0.4, -0.2) is 0 Å². The SMILES string of the molecule is Brc1cc(N(c2ccc3ccccc3c2)c2cccc3ccccc23)c2sc3ccccc3c2c1. The van der Waals surface area contributed by atoms with Gasteiger partial charge in [0.25, 0.3) is 0 Å². The molecule has 0 fully saturated rings. The molecule has 6 aromatic carbocycles.